The number of guanidine groups is 1. The molecule has 0 radical (unpaired) electrons. The highest BCUT2D eigenvalue weighted by Gasteiger charge is 2.30. The van der Waals surface area contributed by atoms with E-state index in [0.717, 1.165) is 64.5 Å². The molecule has 2 aliphatic heterocycles. The van der Waals surface area contributed by atoms with Crippen LogP contribution in [0.2, 0.25) is 0 Å². The van der Waals surface area contributed by atoms with Crippen molar-refractivity contribution in [2.45, 2.75) is 53.4 Å². The van der Waals surface area contributed by atoms with Gasteiger partial charge in [-0.25, -0.2) is 0 Å². The fraction of sp³-hybridized carbons (Fsp3) is 0.900. The zero-order chi connectivity index (χ0) is 19.0. The Balaban J connectivity index is 0.00000364. The lowest BCUT2D eigenvalue weighted by atomic mass is 9.91. The molecule has 0 aliphatic carbocycles. The number of nitrogens with one attached hydrogen (secondary N) is 1. The van der Waals surface area contributed by atoms with Gasteiger partial charge in [0.15, 0.2) is 5.96 Å². The first kappa shape index (κ1) is 24.5. The number of aliphatic imine (C=N–C) groups is 1. The summed E-state index contributed by atoms with van der Waals surface area (Å²) in [5.74, 6) is 1.49. The number of nitrogens with zero attached hydrogens (tertiary/aromatic N) is 3. The summed E-state index contributed by atoms with van der Waals surface area (Å²) in [5.41, 5.74) is 0.367. The van der Waals surface area contributed by atoms with Gasteiger partial charge in [-0.05, 0) is 38.0 Å². The number of amides is 1. The van der Waals surface area contributed by atoms with Gasteiger partial charge in [0, 0.05) is 45.2 Å². The van der Waals surface area contributed by atoms with E-state index in [9.17, 15) is 4.79 Å². The Kier molecular flexibility index (Phi) is 11.0. The number of rotatable bonds is 5. The Bertz CT molecular complexity index is 465. The first-order chi connectivity index (χ1) is 12.4. The maximum Gasteiger partial charge on any atom is 0.225 e. The maximum absolute atomic E-state index is 12.7. The van der Waals surface area contributed by atoms with E-state index in [-0.39, 0.29) is 29.9 Å². The summed E-state index contributed by atoms with van der Waals surface area (Å²) >= 11 is 0. The number of carbonyl (C=O) groups excluding carboxylic acids is 1. The van der Waals surface area contributed by atoms with Crippen molar-refractivity contribution in [3.8, 4) is 0 Å². The maximum atomic E-state index is 12.7. The van der Waals surface area contributed by atoms with Crippen molar-refractivity contribution in [2.75, 3.05) is 52.5 Å². The molecule has 7 heteroatoms. The van der Waals surface area contributed by atoms with Gasteiger partial charge in [-0.1, -0.05) is 20.8 Å². The summed E-state index contributed by atoms with van der Waals surface area (Å²) in [7, 11) is 0. The smallest absolute Gasteiger partial charge is 0.225 e. The lowest BCUT2D eigenvalue weighted by Gasteiger charge is -2.36. The van der Waals surface area contributed by atoms with Gasteiger partial charge >= 0.3 is 0 Å². The molecule has 0 atom stereocenters. The van der Waals surface area contributed by atoms with Gasteiger partial charge in [-0.3, -0.25) is 9.79 Å². The predicted octanol–water partition coefficient (Wildman–Crippen LogP) is 2.97. The molecule has 0 aromatic rings. The third kappa shape index (κ3) is 8.54. The molecule has 27 heavy (non-hydrogen) atoms. The van der Waals surface area contributed by atoms with Crippen molar-refractivity contribution in [2.24, 2.45) is 16.3 Å². The molecule has 0 bridgehead atoms. The van der Waals surface area contributed by atoms with Crippen LogP contribution in [0.15, 0.2) is 4.99 Å². The van der Waals surface area contributed by atoms with Crippen LogP contribution in [0.1, 0.15) is 53.4 Å². The topological polar surface area (TPSA) is 57.2 Å². The van der Waals surface area contributed by atoms with Crippen LogP contribution in [0.4, 0.5) is 0 Å². The summed E-state index contributed by atoms with van der Waals surface area (Å²) < 4.78 is 5.35. The van der Waals surface area contributed by atoms with Gasteiger partial charge in [0.05, 0.1) is 13.2 Å². The minimum atomic E-state index is 0. The summed E-state index contributed by atoms with van der Waals surface area (Å²) in [6.45, 7) is 15.4. The van der Waals surface area contributed by atoms with Crippen LogP contribution in [0.3, 0.4) is 0 Å². The molecule has 2 rings (SSSR count). The first-order valence-electron chi connectivity index (χ1n) is 10.3. The molecule has 0 aromatic carbocycles. The minimum absolute atomic E-state index is 0. The van der Waals surface area contributed by atoms with Crippen molar-refractivity contribution >= 4 is 35.8 Å². The molecule has 2 heterocycles. The zero-order valence-electron chi connectivity index (χ0n) is 17.6. The van der Waals surface area contributed by atoms with E-state index < -0.39 is 0 Å². The molecule has 0 spiro atoms. The minimum Gasteiger partial charge on any atom is -0.378 e. The summed E-state index contributed by atoms with van der Waals surface area (Å²) in [5, 5.41) is 3.42. The third-order valence-electron chi connectivity index (χ3n) is 5.15. The van der Waals surface area contributed by atoms with Crippen molar-refractivity contribution in [3.63, 3.8) is 0 Å². The number of hydrogen-bond acceptors (Lipinski definition) is 3. The second-order valence-corrected chi connectivity index (χ2v) is 8.60. The average Bonchev–Trinajstić information content (AvgIpc) is 2.64. The molecule has 1 amide bonds. The van der Waals surface area contributed by atoms with E-state index in [2.05, 4.69) is 37.9 Å². The molecule has 2 aliphatic rings. The number of piperidine rings is 1. The second kappa shape index (κ2) is 12.1. The largest absolute Gasteiger partial charge is 0.378 e. The predicted molar refractivity (Wildman–Crippen MR) is 122 cm³/mol. The average molecular weight is 494 g/mol. The Morgan fingerprint density at radius 2 is 1.74 bits per heavy atom. The fourth-order valence-corrected chi connectivity index (χ4v) is 3.60. The zero-order valence-corrected chi connectivity index (χ0v) is 20.0. The third-order valence-corrected chi connectivity index (χ3v) is 5.15. The van der Waals surface area contributed by atoms with Crippen LogP contribution in [0, 0.1) is 11.3 Å². The summed E-state index contributed by atoms with van der Waals surface area (Å²) in [4.78, 5) is 21.8. The lowest BCUT2D eigenvalue weighted by Crippen LogP contribution is -2.50. The molecule has 0 unspecified atom stereocenters. The summed E-state index contributed by atoms with van der Waals surface area (Å²) in [6, 6.07) is 0. The molecule has 1 N–H and O–H groups in total. The monoisotopic (exact) mass is 494 g/mol. The molecule has 2 fully saturated rings. The van der Waals surface area contributed by atoms with E-state index in [1.165, 1.54) is 6.42 Å². The van der Waals surface area contributed by atoms with E-state index >= 15 is 0 Å². The fourth-order valence-electron chi connectivity index (χ4n) is 3.60. The Hall–Kier alpha value is -0.570. The Morgan fingerprint density at radius 1 is 1.11 bits per heavy atom. The Labute approximate surface area is 182 Å². The standard InChI is InChI=1S/C20H38N4O2.HI/c1-5-21-19(22-10-6-9-20(2,3)4)24-11-7-17(8-12-24)18(25)23-13-15-26-16-14-23;/h17H,5-16H2,1-4H3,(H,21,22);1H. The quantitative estimate of drug-likeness (QED) is 0.277. The molecule has 0 aromatic heterocycles. The van der Waals surface area contributed by atoms with Gasteiger partial charge in [-0.15, -0.1) is 24.0 Å². The second-order valence-electron chi connectivity index (χ2n) is 8.60. The number of ether oxygens (including phenoxy) is 1. The number of carbonyl (C=O) groups is 1. The van der Waals surface area contributed by atoms with Crippen molar-refractivity contribution in [1.29, 1.82) is 0 Å². The van der Waals surface area contributed by atoms with Crippen molar-refractivity contribution < 1.29 is 9.53 Å². The highest BCUT2D eigenvalue weighted by molar-refractivity contribution is 14.0. The molecule has 2 saturated heterocycles. The number of hydrogen-bond donors (Lipinski definition) is 1. The van der Waals surface area contributed by atoms with Crippen LogP contribution in [-0.2, 0) is 9.53 Å². The van der Waals surface area contributed by atoms with E-state index in [1.54, 1.807) is 0 Å². The van der Waals surface area contributed by atoms with Gasteiger partial charge in [0.1, 0.15) is 0 Å². The normalized spacial score (nSPS) is 19.6. The molecule has 158 valence electrons. The van der Waals surface area contributed by atoms with Crippen LogP contribution in [0.25, 0.3) is 0 Å². The van der Waals surface area contributed by atoms with Crippen LogP contribution in [-0.4, -0.2) is 74.1 Å². The molecular formula is C20H39IN4O2. The van der Waals surface area contributed by atoms with Crippen molar-refractivity contribution in [1.82, 2.24) is 15.1 Å². The first-order valence-corrected chi connectivity index (χ1v) is 10.3. The SMILES string of the molecule is CCNC(=NCCCC(C)(C)C)N1CCC(C(=O)N2CCOCC2)CC1.I. The van der Waals surface area contributed by atoms with Gasteiger partial charge < -0.3 is 19.9 Å². The molecular weight excluding hydrogens is 455 g/mol. The number of halogens is 1. The number of likely N-dealkylation sites (tertiary alicyclic amines) is 1. The van der Waals surface area contributed by atoms with Crippen LogP contribution in [0.5, 0.6) is 0 Å². The number of morpholine rings is 1. The Morgan fingerprint density at radius 3 is 2.30 bits per heavy atom. The van der Waals surface area contributed by atoms with E-state index in [4.69, 9.17) is 9.73 Å². The van der Waals surface area contributed by atoms with Gasteiger partial charge in [0.2, 0.25) is 5.91 Å². The molecule has 6 nitrogen and oxygen atoms in total. The van der Waals surface area contributed by atoms with Crippen LogP contribution >= 0.6 is 24.0 Å². The highest BCUT2D eigenvalue weighted by atomic mass is 127. The highest BCUT2D eigenvalue weighted by Crippen LogP contribution is 2.22. The van der Waals surface area contributed by atoms with Gasteiger partial charge in [-0.2, -0.15) is 0 Å². The van der Waals surface area contributed by atoms with Crippen molar-refractivity contribution in [3.05, 3.63) is 0 Å². The summed E-state index contributed by atoms with van der Waals surface area (Å²) in [6.07, 6.45) is 4.14. The van der Waals surface area contributed by atoms with Crippen LogP contribution < -0.4 is 5.32 Å². The lowest BCUT2D eigenvalue weighted by molar-refractivity contribution is -0.140. The van der Waals surface area contributed by atoms with E-state index in [0.29, 0.717) is 24.5 Å². The van der Waals surface area contributed by atoms with E-state index in [1.807, 2.05) is 4.90 Å². The van der Waals surface area contributed by atoms with Gasteiger partial charge in [0.25, 0.3) is 0 Å². The molecule has 0 saturated carbocycles.